The number of nitrogens with two attached hydrogens (primary N) is 1. The minimum atomic E-state index is 0.341. The van der Waals surface area contributed by atoms with Crippen LogP contribution in [0.4, 0.5) is 0 Å². The van der Waals surface area contributed by atoms with Crippen LogP contribution in [0.15, 0.2) is 48.5 Å². The largest absolute Gasteiger partial charge is 0.497 e. The molecule has 1 fully saturated rings. The van der Waals surface area contributed by atoms with Gasteiger partial charge in [0.1, 0.15) is 17.2 Å². The topological polar surface area (TPSA) is 44.5 Å². The van der Waals surface area contributed by atoms with Crippen molar-refractivity contribution in [1.82, 2.24) is 0 Å². The molecule has 0 bridgehead atoms. The second kappa shape index (κ2) is 4.94. The van der Waals surface area contributed by atoms with Crippen LogP contribution in [0.2, 0.25) is 0 Å². The Morgan fingerprint density at radius 3 is 1.84 bits per heavy atom. The number of methoxy groups -OCH3 is 1. The third kappa shape index (κ3) is 2.71. The first kappa shape index (κ1) is 12.1. The molecule has 0 saturated heterocycles. The molecule has 98 valence electrons. The fourth-order valence-corrected chi connectivity index (χ4v) is 2.16. The van der Waals surface area contributed by atoms with Crippen molar-refractivity contribution in [3.8, 4) is 17.2 Å². The Hall–Kier alpha value is -2.00. The lowest BCUT2D eigenvalue weighted by atomic mass is 10.1. The van der Waals surface area contributed by atoms with Gasteiger partial charge in [-0.2, -0.15) is 0 Å². The fraction of sp³-hybridized carbons (Fsp3) is 0.250. The van der Waals surface area contributed by atoms with Gasteiger partial charge in [-0.15, -0.1) is 0 Å². The Morgan fingerprint density at radius 2 is 1.37 bits per heavy atom. The van der Waals surface area contributed by atoms with Crippen molar-refractivity contribution in [3.63, 3.8) is 0 Å². The van der Waals surface area contributed by atoms with E-state index in [1.807, 2.05) is 36.4 Å². The predicted octanol–water partition coefficient (Wildman–Crippen LogP) is 3.30. The van der Waals surface area contributed by atoms with Gasteiger partial charge in [0.05, 0.1) is 7.11 Å². The molecule has 2 unspecified atom stereocenters. The second-order valence-electron chi connectivity index (χ2n) is 4.85. The van der Waals surface area contributed by atoms with E-state index in [9.17, 15) is 0 Å². The quantitative estimate of drug-likeness (QED) is 0.911. The minimum Gasteiger partial charge on any atom is -0.497 e. The van der Waals surface area contributed by atoms with Gasteiger partial charge < -0.3 is 15.2 Å². The highest BCUT2D eigenvalue weighted by atomic mass is 16.5. The van der Waals surface area contributed by atoms with Crippen molar-refractivity contribution in [2.45, 2.75) is 18.4 Å². The van der Waals surface area contributed by atoms with E-state index in [1.54, 1.807) is 7.11 Å². The van der Waals surface area contributed by atoms with E-state index in [0.29, 0.717) is 12.0 Å². The number of rotatable bonds is 4. The van der Waals surface area contributed by atoms with E-state index in [-0.39, 0.29) is 0 Å². The van der Waals surface area contributed by atoms with Crippen LogP contribution in [0.3, 0.4) is 0 Å². The molecule has 0 amide bonds. The zero-order valence-corrected chi connectivity index (χ0v) is 10.9. The monoisotopic (exact) mass is 255 g/mol. The van der Waals surface area contributed by atoms with E-state index in [1.165, 1.54) is 5.56 Å². The highest BCUT2D eigenvalue weighted by molar-refractivity contribution is 5.38. The van der Waals surface area contributed by atoms with Gasteiger partial charge in [-0.25, -0.2) is 0 Å². The van der Waals surface area contributed by atoms with E-state index < -0.39 is 0 Å². The van der Waals surface area contributed by atoms with Gasteiger partial charge in [-0.05, 0) is 48.4 Å². The number of hydrogen-bond donors (Lipinski definition) is 1. The summed E-state index contributed by atoms with van der Waals surface area (Å²) in [5.41, 5.74) is 7.14. The average Bonchev–Trinajstić information content (AvgIpc) is 3.18. The Labute approximate surface area is 113 Å². The molecule has 0 aliphatic heterocycles. The summed E-state index contributed by atoms with van der Waals surface area (Å²) in [4.78, 5) is 0. The number of benzene rings is 2. The molecule has 3 rings (SSSR count). The summed E-state index contributed by atoms with van der Waals surface area (Å²) in [6.07, 6.45) is 1.10. The van der Waals surface area contributed by atoms with Gasteiger partial charge in [0.2, 0.25) is 0 Å². The Bertz CT molecular complexity index is 548. The summed E-state index contributed by atoms with van der Waals surface area (Å²) in [5.74, 6) is 3.00. The van der Waals surface area contributed by atoms with E-state index in [0.717, 1.165) is 23.7 Å². The van der Waals surface area contributed by atoms with Crippen molar-refractivity contribution in [2.24, 2.45) is 5.73 Å². The van der Waals surface area contributed by atoms with Crippen LogP contribution in [0.25, 0.3) is 0 Å². The van der Waals surface area contributed by atoms with E-state index >= 15 is 0 Å². The molecule has 0 aromatic heterocycles. The Balaban J connectivity index is 1.68. The maximum absolute atomic E-state index is 5.84. The maximum Gasteiger partial charge on any atom is 0.127 e. The molecule has 19 heavy (non-hydrogen) atoms. The second-order valence-corrected chi connectivity index (χ2v) is 4.85. The molecule has 3 nitrogen and oxygen atoms in total. The molecule has 2 N–H and O–H groups in total. The molecular formula is C16H17NO2. The molecule has 3 heteroatoms. The zero-order valence-electron chi connectivity index (χ0n) is 10.9. The molecule has 0 radical (unpaired) electrons. The lowest BCUT2D eigenvalue weighted by molar-refractivity contribution is 0.413. The van der Waals surface area contributed by atoms with Crippen LogP contribution < -0.4 is 15.2 Å². The minimum absolute atomic E-state index is 0.341. The van der Waals surface area contributed by atoms with Gasteiger partial charge in [0.25, 0.3) is 0 Å². The van der Waals surface area contributed by atoms with Crippen molar-refractivity contribution >= 4 is 0 Å². The lowest BCUT2D eigenvalue weighted by Crippen LogP contribution is -2.00. The van der Waals surface area contributed by atoms with E-state index in [2.05, 4.69) is 12.1 Å². The smallest absolute Gasteiger partial charge is 0.127 e. The number of hydrogen-bond acceptors (Lipinski definition) is 3. The molecule has 0 spiro atoms. The summed E-state index contributed by atoms with van der Waals surface area (Å²) in [6, 6.07) is 16.1. The predicted molar refractivity (Wildman–Crippen MR) is 74.8 cm³/mol. The molecule has 2 atom stereocenters. The van der Waals surface area contributed by atoms with Gasteiger partial charge in [0, 0.05) is 12.0 Å². The highest BCUT2D eigenvalue weighted by Gasteiger charge is 2.34. The number of ether oxygens (including phenoxy) is 2. The van der Waals surface area contributed by atoms with Gasteiger partial charge >= 0.3 is 0 Å². The molecule has 1 aliphatic rings. The molecule has 2 aromatic carbocycles. The SMILES string of the molecule is COc1ccc(Oc2ccc(C3CC3N)cc2)cc1. The first-order valence-corrected chi connectivity index (χ1v) is 6.44. The zero-order chi connectivity index (χ0) is 13.2. The third-order valence-corrected chi connectivity index (χ3v) is 3.44. The van der Waals surface area contributed by atoms with Crippen LogP contribution in [0, 0.1) is 0 Å². The normalized spacial score (nSPS) is 20.9. The Kier molecular flexibility index (Phi) is 3.13. The molecular weight excluding hydrogens is 238 g/mol. The van der Waals surface area contributed by atoms with Crippen molar-refractivity contribution in [2.75, 3.05) is 7.11 Å². The highest BCUT2D eigenvalue weighted by Crippen LogP contribution is 2.39. The standard InChI is InChI=1S/C16H17NO2/c1-18-12-6-8-14(9-7-12)19-13-4-2-11(3-5-13)15-10-16(15)17/h2-9,15-16H,10,17H2,1H3. The first-order chi connectivity index (χ1) is 9.26. The van der Waals surface area contributed by atoms with Crippen LogP contribution in [-0.4, -0.2) is 13.2 Å². The van der Waals surface area contributed by atoms with Crippen LogP contribution in [0.5, 0.6) is 17.2 Å². The van der Waals surface area contributed by atoms with Crippen LogP contribution in [-0.2, 0) is 0 Å². The average molecular weight is 255 g/mol. The van der Waals surface area contributed by atoms with Crippen molar-refractivity contribution < 1.29 is 9.47 Å². The van der Waals surface area contributed by atoms with Gasteiger partial charge in [-0.1, -0.05) is 12.1 Å². The molecule has 1 aliphatic carbocycles. The summed E-state index contributed by atoms with van der Waals surface area (Å²) in [7, 11) is 1.65. The molecule has 0 heterocycles. The summed E-state index contributed by atoms with van der Waals surface area (Å²) < 4.78 is 10.9. The summed E-state index contributed by atoms with van der Waals surface area (Å²) in [5, 5.41) is 0. The van der Waals surface area contributed by atoms with Crippen molar-refractivity contribution in [3.05, 3.63) is 54.1 Å². The molecule has 1 saturated carbocycles. The first-order valence-electron chi connectivity index (χ1n) is 6.44. The van der Waals surface area contributed by atoms with Crippen LogP contribution >= 0.6 is 0 Å². The molecule has 2 aromatic rings. The van der Waals surface area contributed by atoms with Gasteiger partial charge in [-0.3, -0.25) is 0 Å². The van der Waals surface area contributed by atoms with E-state index in [4.69, 9.17) is 15.2 Å². The Morgan fingerprint density at radius 1 is 0.895 bits per heavy atom. The third-order valence-electron chi connectivity index (χ3n) is 3.44. The summed E-state index contributed by atoms with van der Waals surface area (Å²) in [6.45, 7) is 0. The summed E-state index contributed by atoms with van der Waals surface area (Å²) >= 11 is 0. The maximum atomic E-state index is 5.84. The van der Waals surface area contributed by atoms with Gasteiger partial charge in [0.15, 0.2) is 0 Å². The van der Waals surface area contributed by atoms with Crippen molar-refractivity contribution in [1.29, 1.82) is 0 Å². The lowest BCUT2D eigenvalue weighted by Gasteiger charge is -2.07. The fourth-order valence-electron chi connectivity index (χ4n) is 2.16. The van der Waals surface area contributed by atoms with Crippen LogP contribution in [0.1, 0.15) is 17.9 Å².